The van der Waals surface area contributed by atoms with Crippen LogP contribution in [0.25, 0.3) is 0 Å². The molecule has 0 aliphatic carbocycles. The Hall–Kier alpha value is -1.71. The predicted molar refractivity (Wildman–Crippen MR) is 126 cm³/mol. The molecule has 9 heteroatoms. The first kappa shape index (κ1) is 25.5. The summed E-state index contributed by atoms with van der Waals surface area (Å²) in [5.41, 5.74) is 0. The molecule has 0 saturated carbocycles. The van der Waals surface area contributed by atoms with E-state index in [1.54, 1.807) is 0 Å². The van der Waals surface area contributed by atoms with E-state index in [1.807, 2.05) is 18.5 Å². The Kier molecular flexibility index (Phi) is 11.8. The van der Waals surface area contributed by atoms with Crippen LogP contribution in [0, 0.1) is 6.92 Å². The van der Waals surface area contributed by atoms with Gasteiger partial charge in [0.1, 0.15) is 12.4 Å². The third-order valence-corrected chi connectivity index (χ3v) is 6.00. The second-order valence-electron chi connectivity index (χ2n) is 8.34. The number of hydrogen-bond acceptors (Lipinski definition) is 6. The quantitative estimate of drug-likeness (QED) is 0.275. The zero-order valence-corrected chi connectivity index (χ0v) is 20.4. The Labute approximate surface area is 188 Å². The number of morpholine rings is 1. The minimum atomic E-state index is 0.363. The lowest BCUT2D eigenvalue weighted by Gasteiger charge is -2.26. The van der Waals surface area contributed by atoms with Crippen LogP contribution in [0.2, 0.25) is 0 Å². The summed E-state index contributed by atoms with van der Waals surface area (Å²) < 4.78 is 7.43. The van der Waals surface area contributed by atoms with E-state index in [0.29, 0.717) is 12.6 Å². The number of nitrogens with zero attached hydrogens (tertiary/aromatic N) is 6. The molecule has 1 saturated heterocycles. The fourth-order valence-electron chi connectivity index (χ4n) is 3.69. The van der Waals surface area contributed by atoms with Crippen molar-refractivity contribution in [1.82, 2.24) is 35.2 Å². The maximum Gasteiger partial charge on any atom is 0.191 e. The minimum Gasteiger partial charge on any atom is -0.379 e. The third kappa shape index (κ3) is 9.53. The van der Waals surface area contributed by atoms with Crippen LogP contribution >= 0.6 is 0 Å². The van der Waals surface area contributed by atoms with Crippen molar-refractivity contribution in [3.63, 3.8) is 0 Å². The molecule has 1 aliphatic heterocycles. The maximum atomic E-state index is 5.43. The van der Waals surface area contributed by atoms with Crippen molar-refractivity contribution in [2.45, 2.75) is 59.5 Å². The van der Waals surface area contributed by atoms with Gasteiger partial charge in [-0.15, -0.1) is 10.2 Å². The molecule has 178 valence electrons. The second-order valence-corrected chi connectivity index (χ2v) is 8.34. The van der Waals surface area contributed by atoms with Gasteiger partial charge in [-0.25, -0.2) is 4.99 Å². The summed E-state index contributed by atoms with van der Waals surface area (Å²) in [5, 5.41) is 15.5. The first-order valence-electron chi connectivity index (χ1n) is 12.0. The molecule has 0 aromatic carbocycles. The van der Waals surface area contributed by atoms with E-state index in [4.69, 9.17) is 9.73 Å². The Morgan fingerprint density at radius 2 is 1.94 bits per heavy atom. The molecule has 0 radical (unpaired) electrons. The number of nitrogens with one attached hydrogen (secondary N) is 2. The van der Waals surface area contributed by atoms with Crippen LogP contribution in [-0.4, -0.2) is 95.6 Å². The van der Waals surface area contributed by atoms with Gasteiger partial charge in [0.15, 0.2) is 11.8 Å². The van der Waals surface area contributed by atoms with Crippen molar-refractivity contribution in [3.8, 4) is 0 Å². The molecule has 1 aliphatic rings. The van der Waals surface area contributed by atoms with Gasteiger partial charge < -0.3 is 24.8 Å². The summed E-state index contributed by atoms with van der Waals surface area (Å²) in [4.78, 5) is 9.74. The topological polar surface area (TPSA) is 82.8 Å². The van der Waals surface area contributed by atoms with Crippen LogP contribution in [0.1, 0.15) is 51.7 Å². The maximum absolute atomic E-state index is 5.43. The fourth-order valence-corrected chi connectivity index (χ4v) is 3.69. The number of ether oxygens (including phenoxy) is 1. The van der Waals surface area contributed by atoms with E-state index in [-0.39, 0.29) is 0 Å². The summed E-state index contributed by atoms with van der Waals surface area (Å²) >= 11 is 0. The van der Waals surface area contributed by atoms with Gasteiger partial charge in [-0.05, 0) is 59.3 Å². The largest absolute Gasteiger partial charge is 0.379 e. The van der Waals surface area contributed by atoms with Gasteiger partial charge in [0.05, 0.1) is 13.2 Å². The van der Waals surface area contributed by atoms with Gasteiger partial charge in [-0.2, -0.15) is 0 Å². The Bertz CT molecular complexity index is 637. The zero-order valence-electron chi connectivity index (χ0n) is 20.4. The van der Waals surface area contributed by atoms with Gasteiger partial charge in [-0.1, -0.05) is 13.8 Å². The standard InChI is InChI=1S/C22H44N8O/c1-6-29(7-2)12-8-10-19(3)25-22(24-18-21-27-26-20(4)28(21)5)23-11-9-13-30-14-16-31-17-15-30/h19H,6-18H2,1-5H3,(H2,23,24,25). The average Bonchev–Trinajstić information content (AvgIpc) is 3.10. The molecule has 9 nitrogen and oxygen atoms in total. The van der Waals surface area contributed by atoms with E-state index in [1.165, 1.54) is 6.42 Å². The van der Waals surface area contributed by atoms with Crippen molar-refractivity contribution in [2.24, 2.45) is 12.0 Å². The van der Waals surface area contributed by atoms with Crippen LogP contribution in [-0.2, 0) is 18.3 Å². The molecule has 31 heavy (non-hydrogen) atoms. The molecule has 1 aromatic heterocycles. The SMILES string of the molecule is CCN(CC)CCCC(C)NC(=NCc1nnc(C)n1C)NCCCN1CCOCC1. The highest BCUT2D eigenvalue weighted by Gasteiger charge is 2.11. The number of rotatable bonds is 13. The van der Waals surface area contributed by atoms with E-state index in [0.717, 1.165) is 89.5 Å². The van der Waals surface area contributed by atoms with E-state index < -0.39 is 0 Å². The second kappa shape index (κ2) is 14.4. The van der Waals surface area contributed by atoms with Gasteiger partial charge in [-0.3, -0.25) is 4.90 Å². The van der Waals surface area contributed by atoms with Gasteiger partial charge in [0.2, 0.25) is 0 Å². The van der Waals surface area contributed by atoms with Crippen LogP contribution < -0.4 is 10.6 Å². The number of hydrogen-bond donors (Lipinski definition) is 2. The Morgan fingerprint density at radius 1 is 1.19 bits per heavy atom. The molecule has 0 spiro atoms. The highest BCUT2D eigenvalue weighted by molar-refractivity contribution is 5.80. The van der Waals surface area contributed by atoms with Crippen molar-refractivity contribution in [1.29, 1.82) is 0 Å². The molecule has 2 N–H and O–H groups in total. The monoisotopic (exact) mass is 436 g/mol. The molecule has 1 atom stereocenters. The summed E-state index contributed by atoms with van der Waals surface area (Å²) in [5.74, 6) is 2.64. The average molecular weight is 437 g/mol. The molecule has 1 aromatic rings. The summed E-state index contributed by atoms with van der Waals surface area (Å²) in [7, 11) is 1.99. The highest BCUT2D eigenvalue weighted by atomic mass is 16.5. The summed E-state index contributed by atoms with van der Waals surface area (Å²) in [6.07, 6.45) is 3.39. The smallest absolute Gasteiger partial charge is 0.191 e. The van der Waals surface area contributed by atoms with Crippen LogP contribution in [0.4, 0.5) is 0 Å². The summed E-state index contributed by atoms with van der Waals surface area (Å²) in [6.45, 7) is 18.3. The molecule has 0 bridgehead atoms. The van der Waals surface area contributed by atoms with Crippen molar-refractivity contribution < 1.29 is 4.74 Å². The molecular formula is C22H44N8O. The normalized spacial score (nSPS) is 16.6. The molecule has 1 fully saturated rings. The molecule has 0 amide bonds. The van der Waals surface area contributed by atoms with E-state index in [2.05, 4.69) is 51.4 Å². The minimum absolute atomic E-state index is 0.363. The predicted octanol–water partition coefficient (Wildman–Crippen LogP) is 1.39. The Balaban J connectivity index is 1.83. The third-order valence-electron chi connectivity index (χ3n) is 6.00. The van der Waals surface area contributed by atoms with Gasteiger partial charge >= 0.3 is 0 Å². The van der Waals surface area contributed by atoms with Crippen LogP contribution in [0.3, 0.4) is 0 Å². The highest BCUT2D eigenvalue weighted by Crippen LogP contribution is 2.02. The Morgan fingerprint density at radius 3 is 2.58 bits per heavy atom. The van der Waals surface area contributed by atoms with E-state index >= 15 is 0 Å². The number of aliphatic imine (C=N–C) groups is 1. The lowest BCUT2D eigenvalue weighted by atomic mass is 10.2. The van der Waals surface area contributed by atoms with Crippen molar-refractivity contribution in [2.75, 3.05) is 59.0 Å². The van der Waals surface area contributed by atoms with Crippen LogP contribution in [0.15, 0.2) is 4.99 Å². The molecule has 2 heterocycles. The van der Waals surface area contributed by atoms with Gasteiger partial charge in [0.25, 0.3) is 0 Å². The molecular weight excluding hydrogens is 392 g/mol. The number of aromatic nitrogens is 3. The fraction of sp³-hybridized carbons (Fsp3) is 0.864. The number of aryl methyl sites for hydroxylation is 1. The first-order chi connectivity index (χ1) is 15.0. The summed E-state index contributed by atoms with van der Waals surface area (Å²) in [6, 6.07) is 0.363. The van der Waals surface area contributed by atoms with Crippen LogP contribution in [0.5, 0.6) is 0 Å². The van der Waals surface area contributed by atoms with E-state index in [9.17, 15) is 0 Å². The number of guanidine groups is 1. The van der Waals surface area contributed by atoms with Gasteiger partial charge in [0, 0.05) is 32.7 Å². The first-order valence-corrected chi connectivity index (χ1v) is 12.0. The molecule has 2 rings (SSSR count). The van der Waals surface area contributed by atoms with Crippen molar-refractivity contribution >= 4 is 5.96 Å². The lowest BCUT2D eigenvalue weighted by molar-refractivity contribution is 0.0376. The zero-order chi connectivity index (χ0) is 22.5. The molecule has 1 unspecified atom stereocenters. The van der Waals surface area contributed by atoms with Crippen molar-refractivity contribution in [3.05, 3.63) is 11.6 Å². The lowest BCUT2D eigenvalue weighted by Crippen LogP contribution is -2.44.